The Kier molecular flexibility index (Phi) is 10.3. The molecule has 9 nitrogen and oxygen atoms in total. The smallest absolute Gasteiger partial charge is 0.370 e. The van der Waals surface area contributed by atoms with Gasteiger partial charge in [-0.3, -0.25) is 5.41 Å². The van der Waals surface area contributed by atoms with Crippen molar-refractivity contribution in [1.82, 2.24) is 4.57 Å². The number of nitrogens with one attached hydrogen (secondary N) is 1. The lowest BCUT2D eigenvalue weighted by Gasteiger charge is -2.33. The highest BCUT2D eigenvalue weighted by Gasteiger charge is 2.37. The van der Waals surface area contributed by atoms with E-state index < -0.39 is 11.8 Å². The summed E-state index contributed by atoms with van der Waals surface area (Å²) in [6.45, 7) is 3.18. The lowest BCUT2D eigenvalue weighted by Crippen LogP contribution is -2.32. The van der Waals surface area contributed by atoms with Crippen LogP contribution in [0.2, 0.25) is 5.02 Å². The Balaban J connectivity index is 0.000000391. The molecule has 0 fully saturated rings. The zero-order chi connectivity index (χ0) is 25.3. The number of aromatic nitrogens is 1. The van der Waals surface area contributed by atoms with Crippen LogP contribution in [-0.4, -0.2) is 48.3 Å². The summed E-state index contributed by atoms with van der Waals surface area (Å²) < 4.78 is 19.7. The number of methoxy groups -OCH3 is 2. The number of carboxylic acid groups (broad SMARTS) is 1. The predicted octanol–water partition coefficient (Wildman–Crippen LogP) is 3.41. The van der Waals surface area contributed by atoms with Crippen molar-refractivity contribution in [2.45, 2.75) is 25.7 Å². The average Bonchev–Trinajstić information content (AvgIpc) is 3.22. The maximum absolute atomic E-state index is 9.35. The zero-order valence-electron chi connectivity index (χ0n) is 19.4. The Morgan fingerprint density at radius 1 is 1.35 bits per heavy atom. The maximum atomic E-state index is 9.35. The van der Waals surface area contributed by atoms with Crippen molar-refractivity contribution in [1.29, 1.82) is 5.41 Å². The third kappa shape index (κ3) is 6.48. The second-order valence-electron chi connectivity index (χ2n) is 7.32. The van der Waals surface area contributed by atoms with Gasteiger partial charge in [0.2, 0.25) is 5.84 Å². The molecule has 0 spiro atoms. The first kappa shape index (κ1) is 27.1. The van der Waals surface area contributed by atoms with Crippen LogP contribution >= 0.6 is 11.6 Å². The van der Waals surface area contributed by atoms with Gasteiger partial charge in [-0.2, -0.15) is 0 Å². The molecule has 10 heteroatoms. The Bertz CT molecular complexity index is 1040. The maximum Gasteiger partial charge on any atom is 0.370 e. The molecule has 3 atom stereocenters. The number of rotatable bonds is 3. The van der Waals surface area contributed by atoms with Crippen LogP contribution in [0.4, 0.5) is 0 Å². The Morgan fingerprint density at radius 2 is 2.03 bits per heavy atom. The molecule has 0 amide bonds. The van der Waals surface area contributed by atoms with E-state index in [9.17, 15) is 4.79 Å². The number of aliphatic carboxylic acids is 1. The highest BCUT2D eigenvalue weighted by atomic mass is 35.5. The van der Waals surface area contributed by atoms with Crippen LogP contribution in [-0.2, 0) is 25.6 Å². The fourth-order valence-corrected chi connectivity index (χ4v) is 3.89. The molecule has 2 aliphatic rings. The summed E-state index contributed by atoms with van der Waals surface area (Å²) in [5.41, 5.74) is 12.5. The van der Waals surface area contributed by atoms with Crippen molar-refractivity contribution >= 4 is 23.4 Å². The summed E-state index contributed by atoms with van der Waals surface area (Å²) in [6.07, 6.45) is 7.71. The Labute approximate surface area is 204 Å². The molecule has 0 bridgehead atoms. The zero-order valence-corrected chi connectivity index (χ0v) is 20.2. The molecule has 2 aromatic rings. The highest BCUT2D eigenvalue weighted by molar-refractivity contribution is 6.32. The number of fused-ring (bicyclic) bond motifs is 3. The van der Waals surface area contributed by atoms with E-state index in [4.69, 9.17) is 42.1 Å². The number of nitrogens with two attached hydrogens (primary N) is 2. The minimum Gasteiger partial charge on any atom is -0.498 e. The standard InChI is InChI=1S/C20H20ClNO3.C2H4N2O2.C2H7N/c1-23-18-7-3-6-15(20(18)24-2)19-16-11-13(21)8-9-17(16)22-10-4-5-14(22)12-25-19;3-1(4)2(5)6;1-2-3/h3-11,15,19-20H,12H2,1-2H3;(H3,3,4)(H,5,6);2-3H2,1H3. The molecule has 1 aromatic carbocycles. The van der Waals surface area contributed by atoms with Crippen LogP contribution in [0.5, 0.6) is 0 Å². The quantitative estimate of drug-likeness (QED) is 0.381. The number of ether oxygens (including phenoxy) is 3. The summed E-state index contributed by atoms with van der Waals surface area (Å²) in [5.74, 6) is -1.41. The number of carboxylic acids is 1. The average molecular weight is 491 g/mol. The van der Waals surface area contributed by atoms with Crippen molar-refractivity contribution in [3.05, 3.63) is 76.8 Å². The summed E-state index contributed by atoms with van der Waals surface area (Å²) in [4.78, 5) is 9.35. The van der Waals surface area contributed by atoms with Gasteiger partial charge in [0, 0.05) is 35.5 Å². The van der Waals surface area contributed by atoms with Gasteiger partial charge in [-0.25, -0.2) is 4.79 Å². The van der Waals surface area contributed by atoms with Gasteiger partial charge in [0.1, 0.15) is 11.9 Å². The molecule has 1 aliphatic carbocycles. The van der Waals surface area contributed by atoms with E-state index in [2.05, 4.69) is 28.6 Å². The van der Waals surface area contributed by atoms with E-state index in [0.29, 0.717) is 11.6 Å². The molecular formula is C24H31ClN4O5. The lowest BCUT2D eigenvalue weighted by atomic mass is 9.86. The van der Waals surface area contributed by atoms with E-state index >= 15 is 0 Å². The third-order valence-electron chi connectivity index (χ3n) is 5.09. The molecule has 0 radical (unpaired) electrons. The summed E-state index contributed by atoms with van der Waals surface area (Å²) in [6, 6.07) is 10.1. The van der Waals surface area contributed by atoms with Crippen LogP contribution < -0.4 is 11.5 Å². The van der Waals surface area contributed by atoms with Crippen LogP contribution in [0.25, 0.3) is 5.69 Å². The second-order valence-corrected chi connectivity index (χ2v) is 7.76. The molecule has 1 aliphatic heterocycles. The van der Waals surface area contributed by atoms with E-state index in [0.717, 1.165) is 29.2 Å². The molecule has 1 aromatic heterocycles. The predicted molar refractivity (Wildman–Crippen MR) is 131 cm³/mol. The third-order valence-corrected chi connectivity index (χ3v) is 5.33. The number of allylic oxidation sites excluding steroid dienone is 2. The van der Waals surface area contributed by atoms with Crippen molar-refractivity contribution in [2.24, 2.45) is 17.4 Å². The van der Waals surface area contributed by atoms with Gasteiger partial charge in [0.15, 0.2) is 0 Å². The SMILES string of the molecule is CCN.COC1=CC=CC(C2OCc3cccn3-c3ccc(Cl)cc32)C1OC.N=C(N)C(=O)O. The van der Waals surface area contributed by atoms with Gasteiger partial charge in [-0.15, -0.1) is 0 Å². The first-order valence-electron chi connectivity index (χ1n) is 10.6. The number of hydrogen-bond acceptors (Lipinski definition) is 6. The number of halogens is 1. The molecule has 184 valence electrons. The molecule has 3 unspecified atom stereocenters. The van der Waals surface area contributed by atoms with Gasteiger partial charge in [-0.05, 0) is 43.0 Å². The molecular weight excluding hydrogens is 460 g/mol. The highest BCUT2D eigenvalue weighted by Crippen LogP contribution is 2.41. The van der Waals surface area contributed by atoms with E-state index in [1.54, 1.807) is 14.2 Å². The molecule has 34 heavy (non-hydrogen) atoms. The number of carbonyl (C=O) groups is 1. The molecule has 0 saturated heterocycles. The van der Waals surface area contributed by atoms with Gasteiger partial charge < -0.3 is 35.4 Å². The fraction of sp³-hybridized carbons (Fsp3) is 0.333. The van der Waals surface area contributed by atoms with Gasteiger partial charge in [-0.1, -0.05) is 30.7 Å². The van der Waals surface area contributed by atoms with Crippen LogP contribution in [0.3, 0.4) is 0 Å². The second kappa shape index (κ2) is 13.0. The summed E-state index contributed by atoms with van der Waals surface area (Å²) in [5, 5.41) is 14.5. The largest absolute Gasteiger partial charge is 0.498 e. The minimum atomic E-state index is -1.38. The lowest BCUT2D eigenvalue weighted by molar-refractivity contribution is -0.129. The van der Waals surface area contributed by atoms with Crippen molar-refractivity contribution < 1.29 is 24.1 Å². The fourth-order valence-electron chi connectivity index (χ4n) is 3.71. The van der Waals surface area contributed by atoms with Crippen molar-refractivity contribution in [2.75, 3.05) is 20.8 Å². The minimum absolute atomic E-state index is 0.00762. The van der Waals surface area contributed by atoms with Gasteiger partial charge in [0.25, 0.3) is 0 Å². The number of amidine groups is 1. The van der Waals surface area contributed by atoms with Gasteiger partial charge in [0.05, 0.1) is 25.5 Å². The molecule has 0 saturated carbocycles. The number of benzene rings is 1. The normalized spacial score (nSPS) is 20.1. The summed E-state index contributed by atoms with van der Waals surface area (Å²) >= 11 is 6.31. The Hall–Kier alpha value is -3.11. The summed E-state index contributed by atoms with van der Waals surface area (Å²) in [7, 11) is 3.36. The van der Waals surface area contributed by atoms with E-state index in [1.807, 2.05) is 43.3 Å². The topological polar surface area (TPSA) is 146 Å². The van der Waals surface area contributed by atoms with Crippen molar-refractivity contribution in [3.8, 4) is 5.69 Å². The monoisotopic (exact) mass is 490 g/mol. The first-order chi connectivity index (χ1) is 16.3. The van der Waals surface area contributed by atoms with Crippen molar-refractivity contribution in [3.63, 3.8) is 0 Å². The number of hydrogen-bond donors (Lipinski definition) is 4. The first-order valence-corrected chi connectivity index (χ1v) is 11.0. The van der Waals surface area contributed by atoms with E-state index in [1.165, 1.54) is 0 Å². The van der Waals surface area contributed by atoms with E-state index in [-0.39, 0.29) is 18.1 Å². The van der Waals surface area contributed by atoms with Crippen LogP contribution in [0, 0.1) is 11.3 Å². The van der Waals surface area contributed by atoms with Gasteiger partial charge >= 0.3 is 5.97 Å². The Morgan fingerprint density at radius 3 is 2.62 bits per heavy atom. The molecule has 4 rings (SSSR count). The number of nitrogens with zero attached hydrogens (tertiary/aromatic N) is 1. The molecule has 6 N–H and O–H groups in total. The van der Waals surface area contributed by atoms with Crippen LogP contribution in [0.1, 0.15) is 24.3 Å². The molecule has 2 heterocycles. The van der Waals surface area contributed by atoms with Crippen LogP contribution in [0.15, 0.2) is 60.5 Å².